The number of amides is 1. The van der Waals surface area contributed by atoms with Gasteiger partial charge in [0.05, 0.1) is 0 Å². The van der Waals surface area contributed by atoms with E-state index in [1.165, 1.54) is 0 Å². The highest BCUT2D eigenvalue weighted by atomic mass is 79.9. The van der Waals surface area contributed by atoms with E-state index in [2.05, 4.69) is 21.2 Å². The molecule has 0 bridgehead atoms. The van der Waals surface area contributed by atoms with Crippen molar-refractivity contribution in [2.45, 2.75) is 4.90 Å². The van der Waals surface area contributed by atoms with Crippen LogP contribution >= 0.6 is 27.7 Å². The summed E-state index contributed by atoms with van der Waals surface area (Å²) in [5.41, 5.74) is 1.45. The number of hydrogen-bond acceptors (Lipinski definition) is 3. The van der Waals surface area contributed by atoms with Gasteiger partial charge in [-0.05, 0) is 48.7 Å². The van der Waals surface area contributed by atoms with Crippen LogP contribution in [-0.2, 0) is 0 Å². The van der Waals surface area contributed by atoms with Crippen LogP contribution in [0.5, 0.6) is 0 Å². The first-order valence-corrected chi connectivity index (χ1v) is 8.32. The maximum Gasteiger partial charge on any atom is 0.291 e. The Balaban J connectivity index is 1.86. The minimum absolute atomic E-state index is 0.249. The fourth-order valence-electron chi connectivity index (χ4n) is 2.01. The molecular formula is C16H12BrNO2S. The summed E-state index contributed by atoms with van der Waals surface area (Å²) in [6, 6.07) is 15.1. The minimum Gasteiger partial charge on any atom is -0.451 e. The van der Waals surface area contributed by atoms with Crippen LogP contribution in [0, 0.1) is 0 Å². The molecule has 0 unspecified atom stereocenters. The third-order valence-electron chi connectivity index (χ3n) is 3.03. The van der Waals surface area contributed by atoms with E-state index in [9.17, 15) is 4.79 Å². The zero-order chi connectivity index (χ0) is 14.8. The molecule has 3 aromatic rings. The maximum atomic E-state index is 12.2. The number of carbonyl (C=O) groups is 1. The second kappa shape index (κ2) is 5.95. The van der Waals surface area contributed by atoms with E-state index < -0.39 is 0 Å². The van der Waals surface area contributed by atoms with Crippen LogP contribution in [0.2, 0.25) is 0 Å². The first-order chi connectivity index (χ1) is 10.2. The van der Waals surface area contributed by atoms with Crippen molar-refractivity contribution in [2.24, 2.45) is 0 Å². The van der Waals surface area contributed by atoms with Gasteiger partial charge in [0.15, 0.2) is 5.76 Å². The van der Waals surface area contributed by atoms with Gasteiger partial charge in [-0.3, -0.25) is 4.79 Å². The third-order valence-corrected chi connectivity index (χ3v) is 4.25. The predicted molar refractivity (Wildman–Crippen MR) is 90.1 cm³/mol. The summed E-state index contributed by atoms with van der Waals surface area (Å²) in [5, 5.41) is 3.75. The summed E-state index contributed by atoms with van der Waals surface area (Å²) in [6.45, 7) is 0. The molecule has 1 N–H and O–H groups in total. The Kier molecular flexibility index (Phi) is 4.03. The van der Waals surface area contributed by atoms with Crippen molar-refractivity contribution in [1.82, 2.24) is 0 Å². The summed E-state index contributed by atoms with van der Waals surface area (Å²) in [7, 11) is 0. The van der Waals surface area contributed by atoms with Gasteiger partial charge in [0.25, 0.3) is 5.91 Å². The van der Waals surface area contributed by atoms with Gasteiger partial charge in [0.2, 0.25) is 0 Å². The lowest BCUT2D eigenvalue weighted by Crippen LogP contribution is -2.10. The van der Waals surface area contributed by atoms with Gasteiger partial charge in [-0.15, -0.1) is 11.8 Å². The molecule has 1 amide bonds. The molecule has 106 valence electrons. The summed E-state index contributed by atoms with van der Waals surface area (Å²) in [4.78, 5) is 13.3. The van der Waals surface area contributed by atoms with Gasteiger partial charge in [-0.25, -0.2) is 0 Å². The molecule has 1 aromatic heterocycles. The molecule has 0 saturated carbocycles. The van der Waals surface area contributed by atoms with Crippen LogP contribution in [0.3, 0.4) is 0 Å². The topological polar surface area (TPSA) is 42.2 Å². The van der Waals surface area contributed by atoms with Crippen LogP contribution in [0.1, 0.15) is 10.6 Å². The molecule has 0 aliphatic rings. The first-order valence-electron chi connectivity index (χ1n) is 6.30. The Bertz CT molecular complexity index is 813. The monoisotopic (exact) mass is 361 g/mol. The van der Waals surface area contributed by atoms with Gasteiger partial charge in [0.1, 0.15) is 5.58 Å². The average molecular weight is 362 g/mol. The first kappa shape index (κ1) is 14.2. The van der Waals surface area contributed by atoms with Crippen LogP contribution in [0.4, 0.5) is 5.69 Å². The molecule has 1 heterocycles. The molecule has 3 nitrogen and oxygen atoms in total. The second-order valence-electron chi connectivity index (χ2n) is 4.48. The number of hydrogen-bond donors (Lipinski definition) is 1. The smallest absolute Gasteiger partial charge is 0.291 e. The van der Waals surface area contributed by atoms with Gasteiger partial charge >= 0.3 is 0 Å². The number of thioether (sulfide) groups is 1. The Hall–Kier alpha value is -1.72. The summed E-state index contributed by atoms with van der Waals surface area (Å²) in [5.74, 6) is 0.0539. The third kappa shape index (κ3) is 3.14. The number of carbonyl (C=O) groups excluding carboxylic acids is 1. The molecule has 3 rings (SSSR count). The highest BCUT2D eigenvalue weighted by Crippen LogP contribution is 2.24. The van der Waals surface area contributed by atoms with E-state index in [-0.39, 0.29) is 5.91 Å². The number of fused-ring (bicyclic) bond motifs is 1. The molecule has 0 saturated heterocycles. The van der Waals surface area contributed by atoms with Crippen molar-refractivity contribution in [3.63, 3.8) is 0 Å². The summed E-state index contributed by atoms with van der Waals surface area (Å²) < 4.78 is 6.51. The molecule has 2 aromatic carbocycles. The zero-order valence-electron chi connectivity index (χ0n) is 11.2. The van der Waals surface area contributed by atoms with E-state index in [0.717, 1.165) is 20.4 Å². The molecular weight excluding hydrogens is 350 g/mol. The van der Waals surface area contributed by atoms with E-state index in [1.54, 1.807) is 17.8 Å². The molecule has 21 heavy (non-hydrogen) atoms. The van der Waals surface area contributed by atoms with E-state index in [1.807, 2.05) is 48.7 Å². The Morgan fingerprint density at radius 3 is 2.86 bits per heavy atom. The highest BCUT2D eigenvalue weighted by molar-refractivity contribution is 9.10. The molecule has 0 atom stereocenters. The normalized spacial score (nSPS) is 10.8. The van der Waals surface area contributed by atoms with Crippen LogP contribution in [-0.4, -0.2) is 12.2 Å². The van der Waals surface area contributed by atoms with Crippen LogP contribution in [0.15, 0.2) is 62.3 Å². The lowest BCUT2D eigenvalue weighted by molar-refractivity contribution is 0.0998. The molecule has 0 fully saturated rings. The number of halogens is 1. The zero-order valence-corrected chi connectivity index (χ0v) is 13.6. The lowest BCUT2D eigenvalue weighted by atomic mass is 10.2. The van der Waals surface area contributed by atoms with Gasteiger partial charge in [-0.1, -0.05) is 22.0 Å². The number of rotatable bonds is 3. The van der Waals surface area contributed by atoms with Crippen LogP contribution in [0.25, 0.3) is 11.0 Å². The largest absolute Gasteiger partial charge is 0.451 e. The van der Waals surface area contributed by atoms with Crippen molar-refractivity contribution >= 4 is 50.3 Å². The molecule has 0 aliphatic carbocycles. The highest BCUT2D eigenvalue weighted by Gasteiger charge is 2.12. The summed E-state index contributed by atoms with van der Waals surface area (Å²) in [6.07, 6.45) is 2.00. The average Bonchev–Trinajstić information content (AvgIpc) is 2.90. The van der Waals surface area contributed by atoms with E-state index in [4.69, 9.17) is 4.42 Å². The van der Waals surface area contributed by atoms with Crippen molar-refractivity contribution in [2.75, 3.05) is 11.6 Å². The number of anilines is 1. The fraction of sp³-hybridized carbons (Fsp3) is 0.0625. The van der Waals surface area contributed by atoms with Gasteiger partial charge < -0.3 is 9.73 Å². The molecule has 0 spiro atoms. The van der Waals surface area contributed by atoms with Crippen molar-refractivity contribution < 1.29 is 9.21 Å². The molecule has 0 radical (unpaired) electrons. The Labute approximate surface area is 134 Å². The standard InChI is InChI=1S/C16H12BrNO2S/c1-21-13-4-2-3-12(9-13)18-16(19)15-7-10-5-6-11(17)8-14(10)20-15/h2-9H,1H3,(H,18,19). The van der Waals surface area contributed by atoms with E-state index >= 15 is 0 Å². The Morgan fingerprint density at radius 2 is 2.05 bits per heavy atom. The van der Waals surface area contributed by atoms with Crippen LogP contribution < -0.4 is 5.32 Å². The number of benzene rings is 2. The number of nitrogens with one attached hydrogen (secondary N) is 1. The minimum atomic E-state index is -0.249. The van der Waals surface area contributed by atoms with E-state index in [0.29, 0.717) is 11.3 Å². The molecule has 5 heteroatoms. The van der Waals surface area contributed by atoms with Crippen molar-refractivity contribution in [1.29, 1.82) is 0 Å². The number of furan rings is 1. The SMILES string of the molecule is CSc1cccc(NC(=O)c2cc3ccc(Br)cc3o2)c1. The lowest BCUT2D eigenvalue weighted by Gasteiger charge is -2.04. The Morgan fingerprint density at radius 1 is 1.19 bits per heavy atom. The second-order valence-corrected chi connectivity index (χ2v) is 6.27. The fourth-order valence-corrected chi connectivity index (χ4v) is 2.81. The predicted octanol–water partition coefficient (Wildman–Crippen LogP) is 5.17. The summed E-state index contributed by atoms with van der Waals surface area (Å²) >= 11 is 5.02. The molecule has 0 aliphatic heterocycles. The van der Waals surface area contributed by atoms with Gasteiger partial charge in [-0.2, -0.15) is 0 Å². The van der Waals surface area contributed by atoms with Crippen molar-refractivity contribution in [3.05, 3.63) is 58.8 Å². The van der Waals surface area contributed by atoms with Gasteiger partial charge in [0, 0.05) is 20.4 Å². The quantitative estimate of drug-likeness (QED) is 0.654. The maximum absolute atomic E-state index is 12.2. The van der Waals surface area contributed by atoms with Crippen molar-refractivity contribution in [3.8, 4) is 0 Å².